The number of fused-ring (bicyclic) bond motifs is 1. The van der Waals surface area contributed by atoms with Crippen LogP contribution in [0, 0.1) is 5.92 Å². The third-order valence-corrected chi connectivity index (χ3v) is 7.66. The third-order valence-electron chi connectivity index (χ3n) is 7.34. The summed E-state index contributed by atoms with van der Waals surface area (Å²) in [5, 5.41) is 20.6. The van der Waals surface area contributed by atoms with Crippen LogP contribution < -0.4 is 9.47 Å². The number of hydrogen-bond acceptors (Lipinski definition) is 5. The van der Waals surface area contributed by atoms with Crippen LogP contribution in [0.4, 0.5) is 0 Å². The highest BCUT2D eigenvalue weighted by Gasteiger charge is 2.30. The van der Waals surface area contributed by atoms with Gasteiger partial charge < -0.3 is 19.7 Å². The van der Waals surface area contributed by atoms with Crippen LogP contribution in [-0.4, -0.2) is 41.4 Å². The van der Waals surface area contributed by atoms with Gasteiger partial charge in [-0.3, -0.25) is 4.90 Å². The Balaban J connectivity index is 1.38. The van der Waals surface area contributed by atoms with Crippen LogP contribution in [0.2, 0.25) is 5.02 Å². The quantitative estimate of drug-likeness (QED) is 0.364. The molecule has 3 aromatic carbocycles. The largest absolute Gasteiger partial charge is 0.508 e. The summed E-state index contributed by atoms with van der Waals surface area (Å²) in [4.78, 5) is 2.48. The number of rotatable bonds is 7. The summed E-state index contributed by atoms with van der Waals surface area (Å²) >= 11 is 6.08. The van der Waals surface area contributed by atoms with Gasteiger partial charge in [0, 0.05) is 30.3 Å². The third kappa shape index (κ3) is 5.04. The Morgan fingerprint density at radius 3 is 2.58 bits per heavy atom. The van der Waals surface area contributed by atoms with Crippen LogP contribution >= 0.6 is 11.6 Å². The fourth-order valence-electron chi connectivity index (χ4n) is 5.21. The number of hydrogen-bond donors (Lipinski definition) is 2. The summed E-state index contributed by atoms with van der Waals surface area (Å²) in [5.74, 6) is 2.44. The Hall–Kier alpha value is -3.15. The molecule has 2 aliphatic rings. The molecule has 188 valence electrons. The van der Waals surface area contributed by atoms with Gasteiger partial charge in [0.25, 0.3) is 0 Å². The molecular weight excluding hydrogens is 474 g/mol. The molecule has 0 saturated carbocycles. The van der Waals surface area contributed by atoms with E-state index in [1.165, 1.54) is 19.4 Å². The maximum Gasteiger partial charge on any atom is 0.150 e. The van der Waals surface area contributed by atoms with Crippen LogP contribution in [0.1, 0.15) is 49.5 Å². The summed E-state index contributed by atoms with van der Waals surface area (Å²) in [6.45, 7) is 8.23. The summed E-state index contributed by atoms with van der Waals surface area (Å²) in [5.41, 5.74) is 4.63. The minimum atomic E-state index is -0.426. The van der Waals surface area contributed by atoms with Crippen LogP contribution in [0.5, 0.6) is 23.0 Å². The van der Waals surface area contributed by atoms with Crippen molar-refractivity contribution in [2.75, 3.05) is 26.2 Å². The van der Waals surface area contributed by atoms with E-state index in [1.54, 1.807) is 24.3 Å². The first-order valence-electron chi connectivity index (χ1n) is 12.6. The lowest BCUT2D eigenvalue weighted by atomic mass is 9.86. The van der Waals surface area contributed by atoms with Gasteiger partial charge in [-0.2, -0.15) is 0 Å². The molecule has 2 aliphatic heterocycles. The second-order valence-corrected chi connectivity index (χ2v) is 10.1. The fourth-order valence-corrected chi connectivity index (χ4v) is 5.33. The summed E-state index contributed by atoms with van der Waals surface area (Å²) < 4.78 is 12.5. The molecule has 0 radical (unpaired) electrons. The molecule has 0 bridgehead atoms. The lowest BCUT2D eigenvalue weighted by Crippen LogP contribution is -2.26. The first-order chi connectivity index (χ1) is 17.4. The molecule has 0 spiro atoms. The smallest absolute Gasteiger partial charge is 0.150 e. The Morgan fingerprint density at radius 1 is 1.06 bits per heavy atom. The molecule has 5 rings (SSSR count). The van der Waals surface area contributed by atoms with Crippen molar-refractivity contribution in [1.29, 1.82) is 0 Å². The van der Waals surface area contributed by atoms with Crippen LogP contribution in [0.3, 0.4) is 0 Å². The zero-order valence-electron chi connectivity index (χ0n) is 20.7. The Bertz CT molecular complexity index is 1270. The number of ether oxygens (including phenoxy) is 2. The van der Waals surface area contributed by atoms with Crippen molar-refractivity contribution >= 4 is 22.7 Å². The number of benzene rings is 3. The minimum Gasteiger partial charge on any atom is -0.508 e. The van der Waals surface area contributed by atoms with Crippen molar-refractivity contribution < 1.29 is 19.7 Å². The summed E-state index contributed by atoms with van der Waals surface area (Å²) in [6, 6.07) is 18.4. The molecule has 1 unspecified atom stereocenters. The Morgan fingerprint density at radius 2 is 1.86 bits per heavy atom. The second-order valence-electron chi connectivity index (χ2n) is 9.66. The highest BCUT2D eigenvalue weighted by Crippen LogP contribution is 2.48. The van der Waals surface area contributed by atoms with Gasteiger partial charge in [-0.25, -0.2) is 0 Å². The predicted octanol–water partition coefficient (Wildman–Crippen LogP) is 6.93. The number of nitrogens with zero attached hydrogens (tertiary/aromatic N) is 1. The number of allylic oxidation sites excluding steroid dienone is 1. The molecule has 1 fully saturated rings. The summed E-state index contributed by atoms with van der Waals surface area (Å²) in [7, 11) is 0. The average Bonchev–Trinajstić information content (AvgIpc) is 3.34. The van der Waals surface area contributed by atoms with Crippen molar-refractivity contribution in [1.82, 2.24) is 4.90 Å². The molecule has 3 aromatic rings. The van der Waals surface area contributed by atoms with Gasteiger partial charge in [0.1, 0.15) is 35.7 Å². The first-order valence-corrected chi connectivity index (χ1v) is 13.0. The van der Waals surface area contributed by atoms with E-state index in [0.717, 1.165) is 52.6 Å². The van der Waals surface area contributed by atoms with Crippen molar-refractivity contribution in [2.45, 2.75) is 32.8 Å². The van der Waals surface area contributed by atoms with Gasteiger partial charge in [0.15, 0.2) is 0 Å². The second kappa shape index (κ2) is 10.5. The maximum atomic E-state index is 10.3. The van der Waals surface area contributed by atoms with E-state index in [-0.39, 0.29) is 11.5 Å². The van der Waals surface area contributed by atoms with E-state index in [4.69, 9.17) is 21.1 Å². The molecule has 2 atom stereocenters. The number of phenolic OH excluding ortho intramolecular Hbond substituents is 2. The van der Waals surface area contributed by atoms with Crippen LogP contribution in [0.15, 0.2) is 60.7 Å². The monoisotopic (exact) mass is 505 g/mol. The van der Waals surface area contributed by atoms with Gasteiger partial charge in [-0.15, -0.1) is 0 Å². The van der Waals surface area contributed by atoms with E-state index in [0.29, 0.717) is 17.4 Å². The van der Waals surface area contributed by atoms with Crippen LogP contribution in [0.25, 0.3) is 11.1 Å². The number of likely N-dealkylation sites (tertiary alicyclic amines) is 1. The molecule has 0 aromatic heterocycles. The average molecular weight is 506 g/mol. The van der Waals surface area contributed by atoms with Gasteiger partial charge in [-0.1, -0.05) is 43.1 Å². The summed E-state index contributed by atoms with van der Waals surface area (Å²) in [6.07, 6.45) is 2.11. The maximum absolute atomic E-state index is 10.3. The van der Waals surface area contributed by atoms with Crippen molar-refractivity contribution in [3.05, 3.63) is 82.4 Å². The molecule has 0 aliphatic carbocycles. The van der Waals surface area contributed by atoms with E-state index < -0.39 is 6.10 Å². The van der Waals surface area contributed by atoms with Crippen molar-refractivity contribution in [3.63, 3.8) is 0 Å². The predicted molar refractivity (Wildman–Crippen MR) is 144 cm³/mol. The van der Waals surface area contributed by atoms with Gasteiger partial charge in [-0.05, 0) is 78.9 Å². The van der Waals surface area contributed by atoms with E-state index >= 15 is 0 Å². The molecule has 2 N–H and O–H groups in total. The van der Waals surface area contributed by atoms with Crippen molar-refractivity contribution in [3.8, 4) is 23.0 Å². The fraction of sp³-hybridized carbons (Fsp3) is 0.333. The zero-order chi connectivity index (χ0) is 25.2. The first kappa shape index (κ1) is 24.5. The number of phenols is 2. The van der Waals surface area contributed by atoms with Crippen LogP contribution in [-0.2, 0) is 0 Å². The van der Waals surface area contributed by atoms with E-state index in [2.05, 4.69) is 11.8 Å². The van der Waals surface area contributed by atoms with Gasteiger partial charge in [0.05, 0.1) is 5.02 Å². The van der Waals surface area contributed by atoms with Crippen molar-refractivity contribution in [2.24, 2.45) is 5.92 Å². The van der Waals surface area contributed by atoms with E-state index in [1.807, 2.05) is 43.3 Å². The Labute approximate surface area is 217 Å². The molecule has 0 amide bonds. The molecule has 5 nitrogen and oxygen atoms in total. The molecule has 36 heavy (non-hydrogen) atoms. The molecule has 1 saturated heterocycles. The highest BCUT2D eigenvalue weighted by atomic mass is 35.5. The molecule has 2 heterocycles. The minimum absolute atomic E-state index is 0.0247. The SMILES string of the molecule is CC[C@@H]1CCN(CCOc2ccc(C3Oc4cc(O)ccc4C(C)=C3c3ccc(Cl)c(O)c3)cc2)C1. The lowest BCUT2D eigenvalue weighted by molar-refractivity contribution is 0.232. The number of aromatic hydroxyl groups is 2. The normalized spacial score (nSPS) is 19.8. The van der Waals surface area contributed by atoms with Gasteiger partial charge >= 0.3 is 0 Å². The molecular formula is C30H32ClNO4. The number of halogens is 1. The lowest BCUT2D eigenvalue weighted by Gasteiger charge is -2.31. The molecule has 6 heteroatoms. The standard InChI is InChI=1S/C30H32ClNO4/c1-3-20-12-13-32(18-20)14-15-35-24-8-4-21(5-9-24)30-29(22-6-11-26(31)27(34)16-22)19(2)25-10-7-23(33)17-28(25)36-30/h4-11,16-17,20,30,33-34H,3,12-15,18H2,1-2H3/t20-,30?/m1/s1. The van der Waals surface area contributed by atoms with E-state index in [9.17, 15) is 10.2 Å². The zero-order valence-corrected chi connectivity index (χ0v) is 21.5. The highest BCUT2D eigenvalue weighted by molar-refractivity contribution is 6.32. The Kier molecular flexibility index (Phi) is 7.13. The van der Waals surface area contributed by atoms with Gasteiger partial charge in [0.2, 0.25) is 0 Å². The topological polar surface area (TPSA) is 62.2 Å².